The second-order valence-corrected chi connectivity index (χ2v) is 6.19. The van der Waals surface area contributed by atoms with Crippen LogP contribution in [0.3, 0.4) is 0 Å². The highest BCUT2D eigenvalue weighted by Crippen LogP contribution is 2.27. The maximum atomic E-state index is 12.4. The number of hydrogen-bond donors (Lipinski definition) is 1. The number of nitrogen functional groups attached to an aromatic ring is 1. The summed E-state index contributed by atoms with van der Waals surface area (Å²) in [6, 6.07) is 7.81. The normalized spacial score (nSPS) is 15.9. The Kier molecular flexibility index (Phi) is 6.09. The first-order chi connectivity index (χ1) is 10.2. The molecule has 1 fully saturated rings. The Morgan fingerprint density at radius 3 is 2.48 bits per heavy atom. The summed E-state index contributed by atoms with van der Waals surface area (Å²) in [6.07, 6.45) is 8.48. The topological polar surface area (TPSA) is 46.3 Å². The van der Waals surface area contributed by atoms with Gasteiger partial charge in [0.25, 0.3) is 0 Å². The van der Waals surface area contributed by atoms with Crippen LogP contribution in [0.4, 0.5) is 5.69 Å². The molecule has 3 nitrogen and oxygen atoms in total. The number of benzene rings is 1. The SMILES string of the molecule is CCN(Cc1ccc(N)cc1)C(=O)CCC1CCCCC1. The summed E-state index contributed by atoms with van der Waals surface area (Å²) in [6.45, 7) is 3.52. The van der Waals surface area contributed by atoms with E-state index in [0.29, 0.717) is 18.9 Å². The molecule has 2 rings (SSSR count). The maximum absolute atomic E-state index is 12.4. The van der Waals surface area contributed by atoms with E-state index < -0.39 is 0 Å². The summed E-state index contributed by atoms with van der Waals surface area (Å²) < 4.78 is 0. The Morgan fingerprint density at radius 2 is 1.86 bits per heavy atom. The van der Waals surface area contributed by atoms with Crippen molar-refractivity contribution in [3.05, 3.63) is 29.8 Å². The number of carbonyl (C=O) groups excluding carboxylic acids is 1. The Labute approximate surface area is 128 Å². The van der Waals surface area contributed by atoms with Crippen molar-refractivity contribution in [2.24, 2.45) is 5.92 Å². The lowest BCUT2D eigenvalue weighted by Gasteiger charge is -2.24. The van der Waals surface area contributed by atoms with Crippen molar-refractivity contribution >= 4 is 11.6 Å². The van der Waals surface area contributed by atoms with Gasteiger partial charge in [0, 0.05) is 25.2 Å². The zero-order chi connectivity index (χ0) is 15.1. The van der Waals surface area contributed by atoms with Gasteiger partial charge in [0.2, 0.25) is 5.91 Å². The first kappa shape index (κ1) is 15.9. The minimum atomic E-state index is 0.292. The van der Waals surface area contributed by atoms with Crippen LogP contribution in [0.25, 0.3) is 0 Å². The van der Waals surface area contributed by atoms with Crippen LogP contribution in [0, 0.1) is 5.92 Å². The summed E-state index contributed by atoms with van der Waals surface area (Å²) in [7, 11) is 0. The molecule has 116 valence electrons. The van der Waals surface area contributed by atoms with Gasteiger partial charge in [0.1, 0.15) is 0 Å². The molecule has 0 aromatic heterocycles. The lowest BCUT2D eigenvalue weighted by molar-refractivity contribution is -0.132. The molecular weight excluding hydrogens is 260 g/mol. The number of nitrogens with two attached hydrogens (primary N) is 1. The molecule has 3 heteroatoms. The maximum Gasteiger partial charge on any atom is 0.222 e. The summed E-state index contributed by atoms with van der Waals surface area (Å²) in [5, 5.41) is 0. The summed E-state index contributed by atoms with van der Waals surface area (Å²) in [5.74, 6) is 1.07. The van der Waals surface area contributed by atoms with Crippen LogP contribution in [0.2, 0.25) is 0 Å². The van der Waals surface area contributed by atoms with Crippen LogP contribution in [-0.4, -0.2) is 17.4 Å². The second kappa shape index (κ2) is 8.06. The van der Waals surface area contributed by atoms with Crippen LogP contribution >= 0.6 is 0 Å². The molecule has 0 atom stereocenters. The number of nitrogens with zero attached hydrogens (tertiary/aromatic N) is 1. The zero-order valence-corrected chi connectivity index (χ0v) is 13.2. The van der Waals surface area contributed by atoms with Crippen LogP contribution in [0.1, 0.15) is 57.4 Å². The van der Waals surface area contributed by atoms with E-state index in [9.17, 15) is 4.79 Å². The molecule has 0 bridgehead atoms. The second-order valence-electron chi connectivity index (χ2n) is 6.19. The predicted octanol–water partition coefficient (Wildman–Crippen LogP) is 3.98. The van der Waals surface area contributed by atoms with Crippen molar-refractivity contribution in [2.45, 2.75) is 58.4 Å². The largest absolute Gasteiger partial charge is 0.399 e. The number of hydrogen-bond acceptors (Lipinski definition) is 2. The van der Waals surface area contributed by atoms with Crippen LogP contribution < -0.4 is 5.73 Å². The van der Waals surface area contributed by atoms with Gasteiger partial charge in [-0.15, -0.1) is 0 Å². The van der Waals surface area contributed by atoms with Crippen LogP contribution in [-0.2, 0) is 11.3 Å². The van der Waals surface area contributed by atoms with E-state index in [1.165, 1.54) is 32.1 Å². The first-order valence-electron chi connectivity index (χ1n) is 8.31. The number of amides is 1. The van der Waals surface area contributed by atoms with E-state index >= 15 is 0 Å². The molecule has 0 saturated heterocycles. The Morgan fingerprint density at radius 1 is 1.19 bits per heavy atom. The van der Waals surface area contributed by atoms with Crippen molar-refractivity contribution in [3.8, 4) is 0 Å². The van der Waals surface area contributed by atoms with Gasteiger partial charge in [0.15, 0.2) is 0 Å². The molecule has 1 aliphatic rings. The quantitative estimate of drug-likeness (QED) is 0.805. The van der Waals surface area contributed by atoms with E-state index in [1.807, 2.05) is 29.2 Å². The third kappa shape index (κ3) is 5.07. The van der Waals surface area contributed by atoms with Gasteiger partial charge in [-0.25, -0.2) is 0 Å². The fourth-order valence-corrected chi connectivity index (χ4v) is 3.18. The van der Waals surface area contributed by atoms with Gasteiger partial charge in [-0.2, -0.15) is 0 Å². The average molecular weight is 288 g/mol. The van der Waals surface area contributed by atoms with E-state index in [2.05, 4.69) is 6.92 Å². The van der Waals surface area contributed by atoms with E-state index in [4.69, 9.17) is 5.73 Å². The highest BCUT2D eigenvalue weighted by molar-refractivity contribution is 5.76. The van der Waals surface area contributed by atoms with Crippen molar-refractivity contribution in [3.63, 3.8) is 0 Å². The minimum absolute atomic E-state index is 0.292. The van der Waals surface area contributed by atoms with Gasteiger partial charge >= 0.3 is 0 Å². The monoisotopic (exact) mass is 288 g/mol. The van der Waals surface area contributed by atoms with Crippen LogP contribution in [0.15, 0.2) is 24.3 Å². The Hall–Kier alpha value is -1.51. The molecule has 1 aromatic rings. The molecular formula is C18H28N2O. The molecule has 0 unspecified atom stereocenters. The van der Waals surface area contributed by atoms with Gasteiger partial charge in [0.05, 0.1) is 0 Å². The van der Waals surface area contributed by atoms with Crippen molar-refractivity contribution in [1.29, 1.82) is 0 Å². The average Bonchev–Trinajstić information content (AvgIpc) is 2.53. The van der Waals surface area contributed by atoms with Gasteiger partial charge in [-0.3, -0.25) is 4.79 Å². The predicted molar refractivity (Wildman–Crippen MR) is 87.8 cm³/mol. The Bertz CT molecular complexity index is 435. The molecule has 0 aliphatic heterocycles. The molecule has 1 aliphatic carbocycles. The van der Waals surface area contributed by atoms with Crippen molar-refractivity contribution in [2.75, 3.05) is 12.3 Å². The van der Waals surface area contributed by atoms with Gasteiger partial charge < -0.3 is 10.6 Å². The fourth-order valence-electron chi connectivity index (χ4n) is 3.18. The number of carbonyl (C=O) groups is 1. The molecule has 1 amide bonds. The van der Waals surface area contributed by atoms with Gasteiger partial charge in [-0.1, -0.05) is 44.2 Å². The van der Waals surface area contributed by atoms with Crippen LogP contribution in [0.5, 0.6) is 0 Å². The molecule has 1 saturated carbocycles. The highest BCUT2D eigenvalue weighted by atomic mass is 16.2. The third-order valence-corrected chi connectivity index (χ3v) is 4.58. The summed E-state index contributed by atoms with van der Waals surface area (Å²) >= 11 is 0. The first-order valence-corrected chi connectivity index (χ1v) is 8.31. The minimum Gasteiger partial charge on any atom is -0.399 e. The van der Waals surface area contributed by atoms with Crippen molar-refractivity contribution < 1.29 is 4.79 Å². The highest BCUT2D eigenvalue weighted by Gasteiger charge is 2.17. The Balaban J connectivity index is 1.81. The van der Waals surface area contributed by atoms with Gasteiger partial charge in [-0.05, 0) is 37.0 Å². The molecule has 21 heavy (non-hydrogen) atoms. The summed E-state index contributed by atoms with van der Waals surface area (Å²) in [5.41, 5.74) is 7.62. The van der Waals surface area contributed by atoms with E-state index in [0.717, 1.165) is 30.1 Å². The molecule has 0 heterocycles. The van der Waals surface area contributed by atoms with E-state index in [-0.39, 0.29) is 0 Å². The zero-order valence-electron chi connectivity index (χ0n) is 13.2. The summed E-state index contributed by atoms with van der Waals surface area (Å²) in [4.78, 5) is 14.3. The fraction of sp³-hybridized carbons (Fsp3) is 0.611. The number of rotatable bonds is 6. The number of anilines is 1. The smallest absolute Gasteiger partial charge is 0.222 e. The standard InChI is InChI=1S/C18H28N2O/c1-2-20(14-16-8-11-17(19)12-9-16)18(21)13-10-15-6-4-3-5-7-15/h8-9,11-12,15H,2-7,10,13-14,19H2,1H3. The molecule has 2 N–H and O–H groups in total. The molecule has 1 aromatic carbocycles. The third-order valence-electron chi connectivity index (χ3n) is 4.58. The molecule has 0 spiro atoms. The van der Waals surface area contributed by atoms with Crippen molar-refractivity contribution in [1.82, 2.24) is 4.90 Å². The lowest BCUT2D eigenvalue weighted by atomic mass is 9.86. The lowest BCUT2D eigenvalue weighted by Crippen LogP contribution is -2.30. The van der Waals surface area contributed by atoms with E-state index in [1.54, 1.807) is 0 Å². The molecule has 0 radical (unpaired) electrons.